The molecule has 0 nitrogen and oxygen atoms in total. The molecule has 1 saturated carbocycles. The van der Waals surface area contributed by atoms with E-state index in [-0.39, 0.29) is 11.5 Å². The van der Waals surface area contributed by atoms with Gasteiger partial charge in [-0.2, -0.15) is 0 Å². The molecular weight excluding hydrogens is 448 g/mol. The van der Waals surface area contributed by atoms with Crippen molar-refractivity contribution in [1.82, 2.24) is 0 Å². The highest BCUT2D eigenvalue weighted by atomic mass is 19.2. The van der Waals surface area contributed by atoms with Gasteiger partial charge in [0.25, 0.3) is 0 Å². The van der Waals surface area contributed by atoms with Gasteiger partial charge in [-0.25, -0.2) is 17.6 Å². The van der Waals surface area contributed by atoms with Crippen molar-refractivity contribution in [3.8, 4) is 22.3 Å². The first-order valence-corrected chi connectivity index (χ1v) is 13.0. The molecule has 0 aliphatic heterocycles. The van der Waals surface area contributed by atoms with Crippen LogP contribution in [0.2, 0.25) is 0 Å². The molecule has 1 aliphatic rings. The minimum absolute atomic E-state index is 0.0272. The molecule has 4 rings (SSSR count). The molecule has 3 atom stereocenters. The number of hydrogen-bond donors (Lipinski definition) is 0. The van der Waals surface area contributed by atoms with Crippen LogP contribution in [0.1, 0.15) is 76.7 Å². The van der Waals surface area contributed by atoms with Gasteiger partial charge in [-0.15, -0.1) is 0 Å². The summed E-state index contributed by atoms with van der Waals surface area (Å²) in [5.74, 6) is -5.35. The Morgan fingerprint density at radius 2 is 1.29 bits per heavy atom. The van der Waals surface area contributed by atoms with E-state index in [1.54, 1.807) is 19.1 Å². The minimum atomic E-state index is -1.31. The second-order valence-corrected chi connectivity index (χ2v) is 9.98. The van der Waals surface area contributed by atoms with Crippen LogP contribution in [0.3, 0.4) is 0 Å². The third kappa shape index (κ3) is 5.32. The molecule has 0 aromatic heterocycles. The van der Waals surface area contributed by atoms with Crippen LogP contribution in [0.25, 0.3) is 22.3 Å². The van der Waals surface area contributed by atoms with Crippen LogP contribution < -0.4 is 0 Å². The average Bonchev–Trinajstić information content (AvgIpc) is 2.89. The van der Waals surface area contributed by atoms with Crippen molar-refractivity contribution in [2.75, 3.05) is 0 Å². The van der Waals surface area contributed by atoms with Crippen molar-refractivity contribution in [3.05, 3.63) is 83.4 Å². The molecule has 0 heterocycles. The molecule has 1 fully saturated rings. The second-order valence-electron chi connectivity index (χ2n) is 9.98. The summed E-state index contributed by atoms with van der Waals surface area (Å²) in [4.78, 5) is 0. The first-order valence-electron chi connectivity index (χ1n) is 13.0. The summed E-state index contributed by atoms with van der Waals surface area (Å²) in [6.45, 7) is 3.88. The first-order chi connectivity index (χ1) is 16.9. The summed E-state index contributed by atoms with van der Waals surface area (Å²) in [7, 11) is 0. The molecule has 3 aromatic carbocycles. The fourth-order valence-corrected chi connectivity index (χ4v) is 5.89. The zero-order valence-electron chi connectivity index (χ0n) is 20.6. The normalized spacial score (nSPS) is 19.0. The van der Waals surface area contributed by atoms with E-state index >= 15 is 17.6 Å². The Morgan fingerprint density at radius 3 is 1.91 bits per heavy atom. The number of unbranched alkanes of at least 4 members (excludes halogenated alkanes) is 2. The zero-order valence-corrected chi connectivity index (χ0v) is 20.6. The van der Waals surface area contributed by atoms with E-state index in [1.165, 1.54) is 12.1 Å². The third-order valence-corrected chi connectivity index (χ3v) is 7.82. The van der Waals surface area contributed by atoms with Crippen LogP contribution >= 0.6 is 0 Å². The predicted octanol–water partition coefficient (Wildman–Crippen LogP) is 10.1. The minimum Gasteiger partial charge on any atom is -0.203 e. The molecule has 0 N–H and O–H groups in total. The van der Waals surface area contributed by atoms with Crippen LogP contribution in [0, 0.1) is 35.1 Å². The lowest BCUT2D eigenvalue weighted by Gasteiger charge is -2.36. The summed E-state index contributed by atoms with van der Waals surface area (Å²) >= 11 is 0. The van der Waals surface area contributed by atoms with E-state index in [9.17, 15) is 0 Å². The SMILES string of the molecule is CCCCCC1CCCCC1C(C)c1c(F)c(F)c(-c2ccc(-c3ccccc3)cc2)c(F)c1F. The Hall–Kier alpha value is -2.62. The molecule has 3 aromatic rings. The van der Waals surface area contributed by atoms with Crippen LogP contribution in [0.15, 0.2) is 54.6 Å². The quantitative estimate of drug-likeness (QED) is 0.170. The van der Waals surface area contributed by atoms with Gasteiger partial charge in [0.05, 0.1) is 5.56 Å². The molecule has 0 amide bonds. The van der Waals surface area contributed by atoms with Gasteiger partial charge in [0.1, 0.15) is 0 Å². The maximum atomic E-state index is 15.4. The molecule has 186 valence electrons. The van der Waals surface area contributed by atoms with Gasteiger partial charge >= 0.3 is 0 Å². The molecule has 0 radical (unpaired) electrons. The van der Waals surface area contributed by atoms with Crippen LogP contribution in [0.4, 0.5) is 17.6 Å². The topological polar surface area (TPSA) is 0 Å². The predicted molar refractivity (Wildman–Crippen MR) is 135 cm³/mol. The van der Waals surface area contributed by atoms with Gasteiger partial charge in [0, 0.05) is 5.56 Å². The fourth-order valence-electron chi connectivity index (χ4n) is 5.89. The first kappa shape index (κ1) is 25.5. The number of halogens is 4. The van der Waals surface area contributed by atoms with E-state index in [0.717, 1.165) is 62.5 Å². The average molecular weight is 483 g/mol. The molecule has 1 aliphatic carbocycles. The van der Waals surface area contributed by atoms with Gasteiger partial charge in [0.15, 0.2) is 23.3 Å². The molecule has 0 spiro atoms. The van der Waals surface area contributed by atoms with Crippen molar-refractivity contribution >= 4 is 0 Å². The number of hydrogen-bond acceptors (Lipinski definition) is 0. The molecule has 35 heavy (non-hydrogen) atoms. The van der Waals surface area contributed by atoms with Crippen molar-refractivity contribution in [1.29, 1.82) is 0 Å². The largest absolute Gasteiger partial charge is 0.203 e. The standard InChI is InChI=1S/C31H34F4/c1-3-4-6-13-23-14-9-10-15-25(23)20(2)26-28(32)30(34)27(31(35)29(26)33)24-18-16-22(17-19-24)21-11-7-5-8-12-21/h5,7-8,11-12,16-20,23,25H,3-4,6,9-10,13-15H2,1-2H3. The fraction of sp³-hybridized carbons (Fsp3) is 0.419. The lowest BCUT2D eigenvalue weighted by atomic mass is 9.69. The van der Waals surface area contributed by atoms with E-state index in [4.69, 9.17) is 0 Å². The Kier molecular flexibility index (Phi) is 8.30. The van der Waals surface area contributed by atoms with Gasteiger partial charge in [-0.3, -0.25) is 0 Å². The van der Waals surface area contributed by atoms with Crippen molar-refractivity contribution in [3.63, 3.8) is 0 Å². The molecule has 4 heteroatoms. The van der Waals surface area contributed by atoms with E-state index in [1.807, 2.05) is 30.3 Å². The summed E-state index contributed by atoms with van der Waals surface area (Å²) in [5, 5.41) is 0. The van der Waals surface area contributed by atoms with Crippen LogP contribution in [-0.2, 0) is 0 Å². The maximum Gasteiger partial charge on any atom is 0.170 e. The van der Waals surface area contributed by atoms with E-state index in [0.29, 0.717) is 5.92 Å². The number of benzene rings is 3. The van der Waals surface area contributed by atoms with Gasteiger partial charge in [0.2, 0.25) is 0 Å². The van der Waals surface area contributed by atoms with Gasteiger partial charge in [-0.1, -0.05) is 113 Å². The summed E-state index contributed by atoms with van der Waals surface area (Å²) in [6.07, 6.45) is 8.26. The molecule has 0 bridgehead atoms. The highest BCUT2D eigenvalue weighted by Crippen LogP contribution is 2.45. The summed E-state index contributed by atoms with van der Waals surface area (Å²) in [5.41, 5.74) is 0.845. The smallest absolute Gasteiger partial charge is 0.170 e. The molecule has 0 saturated heterocycles. The monoisotopic (exact) mass is 482 g/mol. The Bertz CT molecular complexity index is 1090. The zero-order chi connectivity index (χ0) is 24.9. The number of rotatable bonds is 8. The lowest BCUT2D eigenvalue weighted by molar-refractivity contribution is 0.186. The van der Waals surface area contributed by atoms with Crippen molar-refractivity contribution < 1.29 is 17.6 Å². The Morgan fingerprint density at radius 1 is 0.714 bits per heavy atom. The Labute approximate surface area is 206 Å². The van der Waals surface area contributed by atoms with Crippen molar-refractivity contribution in [2.45, 2.75) is 71.1 Å². The van der Waals surface area contributed by atoms with Gasteiger partial charge in [-0.05, 0) is 40.9 Å². The van der Waals surface area contributed by atoms with Gasteiger partial charge < -0.3 is 0 Å². The maximum absolute atomic E-state index is 15.4. The van der Waals surface area contributed by atoms with E-state index in [2.05, 4.69) is 6.92 Å². The molecule has 3 unspecified atom stereocenters. The lowest BCUT2D eigenvalue weighted by Crippen LogP contribution is -2.26. The molecular formula is C31H34F4. The second kappa shape index (κ2) is 11.4. The van der Waals surface area contributed by atoms with Crippen LogP contribution in [-0.4, -0.2) is 0 Å². The summed E-state index contributed by atoms with van der Waals surface area (Å²) < 4.78 is 61.4. The van der Waals surface area contributed by atoms with Crippen LogP contribution in [0.5, 0.6) is 0 Å². The Balaban J connectivity index is 1.66. The van der Waals surface area contributed by atoms with E-state index < -0.39 is 40.3 Å². The highest BCUT2D eigenvalue weighted by molar-refractivity contribution is 5.71. The highest BCUT2D eigenvalue weighted by Gasteiger charge is 2.36. The van der Waals surface area contributed by atoms with Crippen molar-refractivity contribution in [2.24, 2.45) is 11.8 Å². The summed E-state index contributed by atoms with van der Waals surface area (Å²) in [6, 6.07) is 16.0. The third-order valence-electron chi connectivity index (χ3n) is 7.82.